The average molecular weight is 390 g/mol. The van der Waals surface area contributed by atoms with Crippen LogP contribution >= 0.6 is 0 Å². The number of hydrogen-bond acceptors (Lipinski definition) is 5. The highest BCUT2D eigenvalue weighted by molar-refractivity contribution is 5.84. The maximum atomic E-state index is 12.0. The van der Waals surface area contributed by atoms with Gasteiger partial charge in [-0.1, -0.05) is 42.5 Å². The molecule has 5 heteroatoms. The average Bonchev–Trinajstić information content (AvgIpc) is 2.73. The van der Waals surface area contributed by atoms with E-state index in [1.165, 1.54) is 5.56 Å². The molecular weight excluding hydrogens is 364 g/mol. The molecule has 0 bridgehead atoms. The summed E-state index contributed by atoms with van der Waals surface area (Å²) in [5.74, 6) is 0.148. The van der Waals surface area contributed by atoms with E-state index < -0.39 is 0 Å². The number of phenols is 1. The number of rotatable bonds is 5. The second-order valence-electron chi connectivity index (χ2n) is 7.57. The Labute approximate surface area is 170 Å². The summed E-state index contributed by atoms with van der Waals surface area (Å²) < 4.78 is 5.35. The van der Waals surface area contributed by atoms with E-state index in [4.69, 9.17) is 4.42 Å². The topological polar surface area (TPSA) is 56.9 Å². The van der Waals surface area contributed by atoms with Crippen LogP contribution in [0.4, 0.5) is 0 Å². The molecule has 0 spiro atoms. The molecule has 0 atom stereocenters. The van der Waals surface area contributed by atoms with Gasteiger partial charge in [0.25, 0.3) is 0 Å². The van der Waals surface area contributed by atoms with Crippen molar-refractivity contribution in [1.29, 1.82) is 0 Å². The molecule has 29 heavy (non-hydrogen) atoms. The van der Waals surface area contributed by atoms with Crippen molar-refractivity contribution < 1.29 is 9.52 Å². The van der Waals surface area contributed by atoms with Gasteiger partial charge in [-0.05, 0) is 30.2 Å². The summed E-state index contributed by atoms with van der Waals surface area (Å²) in [6, 6.07) is 15.4. The van der Waals surface area contributed by atoms with Gasteiger partial charge in [0.05, 0.1) is 0 Å². The molecular formula is C24H26N2O3. The van der Waals surface area contributed by atoms with Crippen molar-refractivity contribution in [3.8, 4) is 5.75 Å². The molecule has 5 nitrogen and oxygen atoms in total. The van der Waals surface area contributed by atoms with Crippen LogP contribution in [0.5, 0.6) is 5.75 Å². The van der Waals surface area contributed by atoms with Gasteiger partial charge >= 0.3 is 5.63 Å². The van der Waals surface area contributed by atoms with E-state index in [2.05, 4.69) is 46.2 Å². The Morgan fingerprint density at radius 1 is 1.03 bits per heavy atom. The summed E-state index contributed by atoms with van der Waals surface area (Å²) in [5, 5.41) is 10.8. The van der Waals surface area contributed by atoms with E-state index in [-0.39, 0.29) is 11.4 Å². The summed E-state index contributed by atoms with van der Waals surface area (Å²) >= 11 is 0. The van der Waals surface area contributed by atoms with Gasteiger partial charge in [-0.2, -0.15) is 0 Å². The van der Waals surface area contributed by atoms with Crippen molar-refractivity contribution in [1.82, 2.24) is 9.80 Å². The highest BCUT2D eigenvalue weighted by Gasteiger charge is 2.18. The Hall–Kier alpha value is -2.89. The first-order valence-electron chi connectivity index (χ1n) is 10.0. The first-order chi connectivity index (χ1) is 14.1. The van der Waals surface area contributed by atoms with Gasteiger partial charge in [-0.15, -0.1) is 0 Å². The summed E-state index contributed by atoms with van der Waals surface area (Å²) in [5.41, 5.74) is 2.90. The molecule has 3 aromatic rings. The van der Waals surface area contributed by atoms with Gasteiger partial charge in [0, 0.05) is 56.3 Å². The number of piperazine rings is 1. The fraction of sp³-hybridized carbons (Fsp3) is 0.292. The quantitative estimate of drug-likeness (QED) is 0.674. The summed E-state index contributed by atoms with van der Waals surface area (Å²) in [6.45, 7) is 7.33. The van der Waals surface area contributed by atoms with Crippen molar-refractivity contribution in [3.05, 3.63) is 81.7 Å². The molecule has 0 amide bonds. The predicted octanol–water partition coefficient (Wildman–Crippen LogP) is 3.64. The lowest BCUT2D eigenvalue weighted by atomic mass is 10.1. The highest BCUT2D eigenvalue weighted by atomic mass is 16.4. The first-order valence-corrected chi connectivity index (χ1v) is 10.0. The molecule has 4 rings (SSSR count). The van der Waals surface area contributed by atoms with Gasteiger partial charge in [-0.25, -0.2) is 4.79 Å². The van der Waals surface area contributed by atoms with Crippen molar-refractivity contribution in [2.24, 2.45) is 0 Å². The maximum absolute atomic E-state index is 12.0. The van der Waals surface area contributed by atoms with Crippen LogP contribution in [0, 0.1) is 6.92 Å². The van der Waals surface area contributed by atoms with Crippen LogP contribution in [0.3, 0.4) is 0 Å². The van der Waals surface area contributed by atoms with Gasteiger partial charge in [0.15, 0.2) is 0 Å². The molecule has 1 aliphatic rings. The third kappa shape index (κ3) is 4.58. The van der Waals surface area contributed by atoms with Crippen molar-refractivity contribution in [3.63, 3.8) is 0 Å². The van der Waals surface area contributed by atoms with E-state index in [9.17, 15) is 9.90 Å². The number of hydrogen-bond donors (Lipinski definition) is 1. The number of benzene rings is 2. The monoisotopic (exact) mass is 390 g/mol. The van der Waals surface area contributed by atoms with Gasteiger partial charge < -0.3 is 9.52 Å². The molecule has 1 saturated heterocycles. The molecule has 2 aromatic carbocycles. The minimum absolute atomic E-state index is 0.148. The van der Waals surface area contributed by atoms with Crippen molar-refractivity contribution in [2.45, 2.75) is 13.5 Å². The predicted molar refractivity (Wildman–Crippen MR) is 116 cm³/mol. The Bertz CT molecular complexity index is 1060. The van der Waals surface area contributed by atoms with Crippen LogP contribution in [-0.4, -0.2) is 47.6 Å². The van der Waals surface area contributed by atoms with Gasteiger partial charge in [0.1, 0.15) is 11.3 Å². The third-order valence-electron chi connectivity index (χ3n) is 5.55. The molecule has 0 unspecified atom stereocenters. The van der Waals surface area contributed by atoms with Gasteiger partial charge in [-0.3, -0.25) is 9.80 Å². The van der Waals surface area contributed by atoms with E-state index in [1.54, 1.807) is 19.1 Å². The van der Waals surface area contributed by atoms with Gasteiger partial charge in [0.2, 0.25) is 0 Å². The van der Waals surface area contributed by atoms with Crippen molar-refractivity contribution >= 4 is 17.0 Å². The molecule has 0 saturated carbocycles. The van der Waals surface area contributed by atoms with Crippen LogP contribution in [0.15, 0.2) is 63.8 Å². The minimum atomic E-state index is -0.370. The van der Waals surface area contributed by atoms with Crippen LogP contribution in [0.1, 0.15) is 16.7 Å². The normalized spacial score (nSPS) is 16.0. The number of aryl methyl sites for hydroxylation is 1. The summed E-state index contributed by atoms with van der Waals surface area (Å²) in [7, 11) is 0. The second-order valence-corrected chi connectivity index (χ2v) is 7.57. The lowest BCUT2D eigenvalue weighted by Gasteiger charge is -2.34. The fourth-order valence-corrected chi connectivity index (χ4v) is 3.82. The minimum Gasteiger partial charge on any atom is -0.508 e. The standard InChI is InChI=1S/C24H26N2O3/c1-18-22(27)10-9-21-20(16-23(28)29-24(18)21)17-26-14-12-25(13-15-26)11-5-8-19-6-3-2-4-7-19/h2-10,16,27H,11-15,17H2,1H3/b8-5+. The van der Waals surface area contributed by atoms with E-state index in [0.717, 1.165) is 43.7 Å². The lowest BCUT2D eigenvalue weighted by molar-refractivity contribution is 0.137. The number of fused-ring (bicyclic) bond motifs is 1. The fourth-order valence-electron chi connectivity index (χ4n) is 3.82. The SMILES string of the molecule is Cc1c(O)ccc2c(CN3CCN(C/C=C/c4ccccc4)CC3)cc(=O)oc12. The Morgan fingerprint density at radius 2 is 1.76 bits per heavy atom. The van der Waals surface area contributed by atoms with Crippen LogP contribution < -0.4 is 5.63 Å². The maximum Gasteiger partial charge on any atom is 0.336 e. The molecule has 150 valence electrons. The summed E-state index contributed by atoms with van der Waals surface area (Å²) in [6.07, 6.45) is 4.38. The second kappa shape index (κ2) is 8.64. The van der Waals surface area contributed by atoms with Crippen LogP contribution in [0.2, 0.25) is 0 Å². The Morgan fingerprint density at radius 3 is 2.52 bits per heavy atom. The zero-order valence-electron chi connectivity index (χ0n) is 16.7. The van der Waals surface area contributed by atoms with E-state index in [0.29, 0.717) is 17.7 Å². The zero-order valence-corrected chi connectivity index (χ0v) is 16.7. The molecule has 0 radical (unpaired) electrons. The molecule has 1 aromatic heterocycles. The molecule has 1 N–H and O–H groups in total. The number of nitrogens with zero attached hydrogens (tertiary/aromatic N) is 2. The largest absolute Gasteiger partial charge is 0.508 e. The zero-order chi connectivity index (χ0) is 20.2. The summed E-state index contributed by atoms with van der Waals surface area (Å²) in [4.78, 5) is 16.8. The van der Waals surface area contributed by atoms with Crippen molar-refractivity contribution in [2.75, 3.05) is 32.7 Å². The number of phenolic OH excluding ortho intramolecular Hbond substituents is 1. The van der Waals surface area contributed by atoms with Crippen LogP contribution in [0.25, 0.3) is 17.0 Å². The smallest absolute Gasteiger partial charge is 0.336 e. The molecule has 2 heterocycles. The molecule has 1 aliphatic heterocycles. The lowest BCUT2D eigenvalue weighted by Crippen LogP contribution is -2.45. The van der Waals surface area contributed by atoms with Crippen LogP contribution in [-0.2, 0) is 6.54 Å². The third-order valence-corrected chi connectivity index (χ3v) is 5.55. The number of aromatic hydroxyl groups is 1. The Kier molecular flexibility index (Phi) is 5.79. The molecule has 0 aliphatic carbocycles. The molecule has 1 fully saturated rings. The Balaban J connectivity index is 1.38. The van der Waals surface area contributed by atoms with E-state index in [1.807, 2.05) is 12.1 Å². The first kappa shape index (κ1) is 19.4. The van der Waals surface area contributed by atoms with E-state index >= 15 is 0 Å². The highest BCUT2D eigenvalue weighted by Crippen LogP contribution is 2.28.